The zero-order valence-electron chi connectivity index (χ0n) is 12.5. The summed E-state index contributed by atoms with van der Waals surface area (Å²) in [5.41, 5.74) is 0. The number of nitrogens with one attached hydrogen (secondary N) is 1. The molecule has 1 aromatic heterocycles. The number of thioether (sulfide) groups is 1. The number of hydrogen-bond acceptors (Lipinski definition) is 4. The van der Waals surface area contributed by atoms with Gasteiger partial charge in [-0.15, -0.1) is 11.3 Å². The molecule has 0 saturated heterocycles. The normalized spacial score (nSPS) is 21.2. The van der Waals surface area contributed by atoms with E-state index in [2.05, 4.69) is 12.2 Å². The van der Waals surface area contributed by atoms with E-state index in [4.69, 9.17) is 0 Å². The van der Waals surface area contributed by atoms with Crippen LogP contribution in [0, 0.1) is 0 Å². The summed E-state index contributed by atoms with van der Waals surface area (Å²) in [6.45, 7) is 2.25. The summed E-state index contributed by atoms with van der Waals surface area (Å²) in [5, 5.41) is 5.23. The minimum atomic E-state index is -0.169. The molecular weight excluding hydrogens is 304 g/mol. The van der Waals surface area contributed by atoms with E-state index in [9.17, 15) is 9.59 Å². The lowest BCUT2D eigenvalue weighted by Gasteiger charge is -2.24. The Labute approximate surface area is 134 Å². The fourth-order valence-electron chi connectivity index (χ4n) is 2.64. The summed E-state index contributed by atoms with van der Waals surface area (Å²) in [5.74, 6) is 0.955. The number of carbonyl (C=O) groups excluding carboxylic acids is 2. The second-order valence-corrected chi connectivity index (χ2v) is 7.73. The molecule has 116 valence electrons. The average Bonchev–Trinajstić information content (AvgIpc) is 3.15. The Morgan fingerprint density at radius 1 is 1.48 bits per heavy atom. The molecule has 2 rings (SSSR count). The number of rotatable bonds is 6. The Kier molecular flexibility index (Phi) is 6.11. The standard InChI is InChI=1S/C15H22N2O2S2/c1-3-20-12-7-6-11(9-12)17(2)14(18)10-16-15(19)13-5-4-8-21-13/h4-5,8,11-12H,3,6-7,9-10H2,1-2H3,(H,16,19)/t11-,12-/m0/s1. The number of thiophene rings is 1. The third kappa shape index (κ3) is 4.48. The maximum absolute atomic E-state index is 12.2. The van der Waals surface area contributed by atoms with Gasteiger partial charge in [-0.05, 0) is 36.5 Å². The Hall–Kier alpha value is -1.01. The van der Waals surface area contributed by atoms with Gasteiger partial charge in [-0.2, -0.15) is 11.8 Å². The van der Waals surface area contributed by atoms with E-state index in [1.54, 1.807) is 6.07 Å². The van der Waals surface area contributed by atoms with E-state index in [1.165, 1.54) is 17.8 Å². The first-order chi connectivity index (χ1) is 10.1. The van der Waals surface area contributed by atoms with Crippen molar-refractivity contribution in [2.75, 3.05) is 19.3 Å². The quantitative estimate of drug-likeness (QED) is 0.874. The highest BCUT2D eigenvalue weighted by molar-refractivity contribution is 7.99. The SMILES string of the molecule is CCS[C@H]1CC[C@H](N(C)C(=O)CNC(=O)c2cccs2)C1. The van der Waals surface area contributed by atoms with Gasteiger partial charge in [0.15, 0.2) is 0 Å². The first-order valence-corrected chi connectivity index (χ1v) is 9.23. The van der Waals surface area contributed by atoms with Gasteiger partial charge in [0.2, 0.25) is 5.91 Å². The molecule has 2 amide bonds. The van der Waals surface area contributed by atoms with E-state index < -0.39 is 0 Å². The zero-order chi connectivity index (χ0) is 15.2. The zero-order valence-corrected chi connectivity index (χ0v) is 14.1. The van der Waals surface area contributed by atoms with Crippen molar-refractivity contribution in [2.24, 2.45) is 0 Å². The van der Waals surface area contributed by atoms with Gasteiger partial charge in [-0.1, -0.05) is 13.0 Å². The molecule has 1 saturated carbocycles. The molecule has 0 aromatic carbocycles. The molecule has 1 aliphatic rings. The van der Waals surface area contributed by atoms with Gasteiger partial charge >= 0.3 is 0 Å². The minimum absolute atomic E-state index is 0.00736. The van der Waals surface area contributed by atoms with Crippen LogP contribution >= 0.6 is 23.1 Å². The third-order valence-electron chi connectivity index (χ3n) is 3.85. The van der Waals surface area contributed by atoms with Crippen molar-refractivity contribution in [3.8, 4) is 0 Å². The van der Waals surface area contributed by atoms with E-state index >= 15 is 0 Å². The first kappa shape index (κ1) is 16.4. The summed E-state index contributed by atoms with van der Waals surface area (Å²) in [4.78, 5) is 26.4. The molecule has 0 aliphatic heterocycles. The Balaban J connectivity index is 1.77. The molecule has 1 fully saturated rings. The number of nitrogens with zero attached hydrogens (tertiary/aromatic N) is 1. The fourth-order valence-corrected chi connectivity index (χ4v) is 4.41. The number of likely N-dealkylation sites (N-methyl/N-ethyl adjacent to an activating group) is 1. The molecule has 0 radical (unpaired) electrons. The van der Waals surface area contributed by atoms with Crippen molar-refractivity contribution in [1.29, 1.82) is 0 Å². The lowest BCUT2D eigenvalue weighted by Crippen LogP contribution is -2.42. The molecular formula is C15H22N2O2S2. The van der Waals surface area contributed by atoms with Crippen molar-refractivity contribution >= 4 is 34.9 Å². The highest BCUT2D eigenvalue weighted by Gasteiger charge is 2.29. The highest BCUT2D eigenvalue weighted by Crippen LogP contribution is 2.32. The Morgan fingerprint density at radius 3 is 2.95 bits per heavy atom. The van der Waals surface area contributed by atoms with Gasteiger partial charge < -0.3 is 10.2 Å². The van der Waals surface area contributed by atoms with Crippen LogP contribution in [0.5, 0.6) is 0 Å². The van der Waals surface area contributed by atoms with Gasteiger partial charge in [0.05, 0.1) is 11.4 Å². The molecule has 1 aliphatic carbocycles. The van der Waals surface area contributed by atoms with E-state index in [1.807, 2.05) is 35.2 Å². The average molecular weight is 326 g/mol. The van der Waals surface area contributed by atoms with Gasteiger partial charge in [0.25, 0.3) is 5.91 Å². The predicted molar refractivity (Wildman–Crippen MR) is 89.0 cm³/mol. The second kappa shape index (κ2) is 7.84. The molecule has 21 heavy (non-hydrogen) atoms. The van der Waals surface area contributed by atoms with Crippen LogP contribution in [-0.2, 0) is 4.79 Å². The second-order valence-electron chi connectivity index (χ2n) is 5.21. The van der Waals surface area contributed by atoms with E-state index in [-0.39, 0.29) is 18.4 Å². The van der Waals surface area contributed by atoms with Gasteiger partial charge in [0, 0.05) is 18.3 Å². The summed E-state index contributed by atoms with van der Waals surface area (Å²) in [6.07, 6.45) is 3.32. The van der Waals surface area contributed by atoms with Gasteiger partial charge in [-0.25, -0.2) is 0 Å². The Morgan fingerprint density at radius 2 is 2.29 bits per heavy atom. The van der Waals surface area contributed by atoms with Crippen molar-refractivity contribution in [3.05, 3.63) is 22.4 Å². The molecule has 0 unspecified atom stereocenters. The summed E-state index contributed by atoms with van der Waals surface area (Å²) < 4.78 is 0. The maximum atomic E-state index is 12.2. The van der Waals surface area contributed by atoms with E-state index in [0.29, 0.717) is 16.2 Å². The Bertz CT molecular complexity index is 476. The van der Waals surface area contributed by atoms with Gasteiger partial charge in [-0.3, -0.25) is 9.59 Å². The maximum Gasteiger partial charge on any atom is 0.261 e. The monoisotopic (exact) mass is 326 g/mol. The largest absolute Gasteiger partial charge is 0.342 e. The van der Waals surface area contributed by atoms with Crippen LogP contribution in [0.3, 0.4) is 0 Å². The highest BCUT2D eigenvalue weighted by atomic mass is 32.2. The number of hydrogen-bond donors (Lipinski definition) is 1. The van der Waals surface area contributed by atoms with Crippen molar-refractivity contribution in [3.63, 3.8) is 0 Å². The van der Waals surface area contributed by atoms with Crippen molar-refractivity contribution in [2.45, 2.75) is 37.5 Å². The minimum Gasteiger partial charge on any atom is -0.342 e. The lowest BCUT2D eigenvalue weighted by molar-refractivity contribution is -0.130. The summed E-state index contributed by atoms with van der Waals surface area (Å²) in [7, 11) is 1.85. The number of amides is 2. The van der Waals surface area contributed by atoms with Crippen LogP contribution in [0.2, 0.25) is 0 Å². The molecule has 1 N–H and O–H groups in total. The summed E-state index contributed by atoms with van der Waals surface area (Å²) >= 11 is 3.36. The third-order valence-corrected chi connectivity index (χ3v) is 5.95. The van der Waals surface area contributed by atoms with Crippen LogP contribution in [0.25, 0.3) is 0 Å². The van der Waals surface area contributed by atoms with Gasteiger partial charge in [0.1, 0.15) is 0 Å². The van der Waals surface area contributed by atoms with Crippen molar-refractivity contribution < 1.29 is 9.59 Å². The van der Waals surface area contributed by atoms with Crippen LogP contribution in [0.15, 0.2) is 17.5 Å². The molecule has 0 spiro atoms. The van der Waals surface area contributed by atoms with Crippen LogP contribution in [-0.4, -0.2) is 47.4 Å². The lowest BCUT2D eigenvalue weighted by atomic mass is 10.2. The molecule has 0 bridgehead atoms. The first-order valence-electron chi connectivity index (χ1n) is 7.30. The smallest absolute Gasteiger partial charge is 0.261 e. The number of carbonyl (C=O) groups is 2. The summed E-state index contributed by atoms with van der Waals surface area (Å²) in [6, 6.07) is 3.91. The molecule has 1 heterocycles. The topological polar surface area (TPSA) is 49.4 Å². The molecule has 6 heteroatoms. The molecule has 2 atom stereocenters. The van der Waals surface area contributed by atoms with Crippen molar-refractivity contribution in [1.82, 2.24) is 10.2 Å². The van der Waals surface area contributed by atoms with Crippen LogP contribution in [0.1, 0.15) is 35.9 Å². The fraction of sp³-hybridized carbons (Fsp3) is 0.600. The molecule has 1 aromatic rings. The van der Waals surface area contributed by atoms with Crippen LogP contribution < -0.4 is 5.32 Å². The van der Waals surface area contributed by atoms with E-state index in [0.717, 1.165) is 18.6 Å². The predicted octanol–water partition coefficient (Wildman–Crippen LogP) is 2.61. The van der Waals surface area contributed by atoms with Crippen LogP contribution in [0.4, 0.5) is 0 Å². The molecule has 4 nitrogen and oxygen atoms in total.